The fourth-order valence-corrected chi connectivity index (χ4v) is 4.06. The van der Waals surface area contributed by atoms with Crippen LogP contribution < -0.4 is 0 Å². The first-order chi connectivity index (χ1) is 12.1. The second-order valence-electron chi connectivity index (χ2n) is 7.17. The fourth-order valence-electron chi connectivity index (χ4n) is 4.06. The van der Waals surface area contributed by atoms with Crippen LogP contribution in [-0.4, -0.2) is 47.3 Å². The van der Waals surface area contributed by atoms with Gasteiger partial charge in [-0.25, -0.2) is 4.39 Å². The number of carbonyl (C=O) groups is 2. The van der Waals surface area contributed by atoms with E-state index in [1.54, 1.807) is 23.1 Å². The summed E-state index contributed by atoms with van der Waals surface area (Å²) in [6, 6.07) is 6.98. The van der Waals surface area contributed by atoms with Crippen molar-refractivity contribution in [1.82, 2.24) is 9.80 Å². The maximum absolute atomic E-state index is 13.7. The number of piperidine rings is 1. The monoisotopic (exact) mass is 346 g/mol. The second kappa shape index (κ2) is 7.98. The number of hydrogen-bond donors (Lipinski definition) is 0. The molecule has 0 aliphatic carbocycles. The van der Waals surface area contributed by atoms with Crippen LogP contribution in [0.1, 0.15) is 44.6 Å². The molecule has 5 heteroatoms. The summed E-state index contributed by atoms with van der Waals surface area (Å²) in [5, 5.41) is 0. The molecule has 4 nitrogen and oxygen atoms in total. The molecule has 2 atom stereocenters. The van der Waals surface area contributed by atoms with Gasteiger partial charge in [-0.3, -0.25) is 9.59 Å². The summed E-state index contributed by atoms with van der Waals surface area (Å²) in [6.45, 7) is 3.88. The lowest BCUT2D eigenvalue weighted by Crippen LogP contribution is -2.46. The quantitative estimate of drug-likeness (QED) is 0.822. The molecule has 0 aromatic heterocycles. The van der Waals surface area contributed by atoms with Crippen LogP contribution in [0.3, 0.4) is 0 Å². The Kier molecular flexibility index (Phi) is 5.71. The molecule has 0 N–H and O–H groups in total. The first-order valence-corrected chi connectivity index (χ1v) is 9.41. The van der Waals surface area contributed by atoms with E-state index >= 15 is 0 Å². The molecule has 0 spiro atoms. The number of likely N-dealkylation sites (tertiary alicyclic amines) is 2. The molecule has 2 heterocycles. The average molecular weight is 346 g/mol. The van der Waals surface area contributed by atoms with E-state index in [1.807, 2.05) is 4.90 Å². The maximum atomic E-state index is 13.7. The van der Waals surface area contributed by atoms with E-state index in [-0.39, 0.29) is 23.5 Å². The highest BCUT2D eigenvalue weighted by Crippen LogP contribution is 2.26. The minimum Gasteiger partial charge on any atom is -0.342 e. The number of halogens is 1. The molecule has 136 valence electrons. The van der Waals surface area contributed by atoms with Gasteiger partial charge < -0.3 is 9.80 Å². The fraction of sp³-hybridized carbons (Fsp3) is 0.600. The van der Waals surface area contributed by atoms with Gasteiger partial charge in [0.25, 0.3) is 0 Å². The third kappa shape index (κ3) is 4.02. The Morgan fingerprint density at radius 2 is 2.08 bits per heavy atom. The SMILES string of the molecule is CCC1CCCCN1C(=O)C1CC(=O)N(CCc2ccccc2F)C1. The van der Waals surface area contributed by atoms with Crippen LogP contribution in [0.5, 0.6) is 0 Å². The Bertz CT molecular complexity index is 634. The smallest absolute Gasteiger partial charge is 0.228 e. The van der Waals surface area contributed by atoms with Crippen molar-refractivity contribution >= 4 is 11.8 Å². The Labute approximate surface area is 149 Å². The molecule has 2 saturated heterocycles. The second-order valence-corrected chi connectivity index (χ2v) is 7.17. The molecule has 0 radical (unpaired) electrons. The molecule has 25 heavy (non-hydrogen) atoms. The van der Waals surface area contributed by atoms with Gasteiger partial charge in [-0.15, -0.1) is 0 Å². The summed E-state index contributed by atoms with van der Waals surface area (Å²) in [7, 11) is 0. The molecule has 0 saturated carbocycles. The van der Waals surface area contributed by atoms with E-state index in [4.69, 9.17) is 0 Å². The number of benzene rings is 1. The van der Waals surface area contributed by atoms with Crippen molar-refractivity contribution in [3.63, 3.8) is 0 Å². The number of hydrogen-bond acceptors (Lipinski definition) is 2. The number of rotatable bonds is 5. The van der Waals surface area contributed by atoms with Crippen molar-refractivity contribution in [1.29, 1.82) is 0 Å². The molecule has 0 bridgehead atoms. The predicted octanol–water partition coefficient (Wildman–Crippen LogP) is 3.01. The standard InChI is InChI=1S/C20H27FN2O2/c1-2-17-8-5-6-11-23(17)20(25)16-13-19(24)22(14-16)12-10-15-7-3-4-9-18(15)21/h3-4,7,9,16-17H,2,5-6,8,10-14H2,1H3. The van der Waals surface area contributed by atoms with Crippen LogP contribution in [0.15, 0.2) is 24.3 Å². The lowest BCUT2D eigenvalue weighted by Gasteiger charge is -2.36. The summed E-state index contributed by atoms with van der Waals surface area (Å²) in [6.07, 6.45) is 5.06. The van der Waals surface area contributed by atoms with Crippen LogP contribution in [0.4, 0.5) is 4.39 Å². The molecule has 1 aromatic carbocycles. The molecular weight excluding hydrogens is 319 g/mol. The summed E-state index contributed by atoms with van der Waals surface area (Å²) in [4.78, 5) is 28.9. The third-order valence-electron chi connectivity index (χ3n) is 5.55. The van der Waals surface area contributed by atoms with Crippen molar-refractivity contribution in [2.45, 2.75) is 51.5 Å². The van der Waals surface area contributed by atoms with Gasteiger partial charge in [0.05, 0.1) is 5.92 Å². The number of carbonyl (C=O) groups excluding carboxylic acids is 2. The van der Waals surface area contributed by atoms with Gasteiger partial charge in [0.2, 0.25) is 11.8 Å². The van der Waals surface area contributed by atoms with Gasteiger partial charge in [-0.1, -0.05) is 25.1 Å². The zero-order valence-corrected chi connectivity index (χ0v) is 14.9. The van der Waals surface area contributed by atoms with Crippen molar-refractivity contribution < 1.29 is 14.0 Å². The summed E-state index contributed by atoms with van der Waals surface area (Å²) in [5.41, 5.74) is 0.618. The number of nitrogens with zero attached hydrogens (tertiary/aromatic N) is 2. The van der Waals surface area contributed by atoms with Crippen LogP contribution in [0.25, 0.3) is 0 Å². The highest BCUT2D eigenvalue weighted by Gasteiger charge is 2.38. The molecule has 2 aliphatic heterocycles. The first-order valence-electron chi connectivity index (χ1n) is 9.41. The zero-order chi connectivity index (χ0) is 17.8. The maximum Gasteiger partial charge on any atom is 0.228 e. The normalized spacial score (nSPS) is 24.0. The van der Waals surface area contributed by atoms with E-state index in [2.05, 4.69) is 6.92 Å². The predicted molar refractivity (Wildman–Crippen MR) is 94.4 cm³/mol. The molecule has 2 amide bonds. The molecule has 1 aromatic rings. The molecule has 2 fully saturated rings. The highest BCUT2D eigenvalue weighted by molar-refractivity contribution is 5.89. The molecule has 2 unspecified atom stereocenters. The van der Waals surface area contributed by atoms with Gasteiger partial charge in [0, 0.05) is 32.1 Å². The van der Waals surface area contributed by atoms with Crippen LogP contribution in [0.2, 0.25) is 0 Å². The van der Waals surface area contributed by atoms with E-state index in [0.29, 0.717) is 37.5 Å². The van der Waals surface area contributed by atoms with E-state index in [9.17, 15) is 14.0 Å². The van der Waals surface area contributed by atoms with Crippen molar-refractivity contribution in [2.24, 2.45) is 5.92 Å². The van der Waals surface area contributed by atoms with Crippen LogP contribution >= 0.6 is 0 Å². The molecule has 2 aliphatic rings. The van der Waals surface area contributed by atoms with E-state index in [0.717, 1.165) is 25.8 Å². The largest absolute Gasteiger partial charge is 0.342 e. The molecular formula is C20H27FN2O2. The van der Waals surface area contributed by atoms with Gasteiger partial charge in [-0.05, 0) is 43.7 Å². The Hall–Kier alpha value is -1.91. The van der Waals surface area contributed by atoms with Gasteiger partial charge in [-0.2, -0.15) is 0 Å². The summed E-state index contributed by atoms with van der Waals surface area (Å²) >= 11 is 0. The first kappa shape index (κ1) is 17.9. The van der Waals surface area contributed by atoms with Gasteiger partial charge in [0.15, 0.2) is 0 Å². The van der Waals surface area contributed by atoms with E-state index in [1.165, 1.54) is 12.5 Å². The Morgan fingerprint density at radius 1 is 1.28 bits per heavy atom. The highest BCUT2D eigenvalue weighted by atomic mass is 19.1. The van der Waals surface area contributed by atoms with Gasteiger partial charge in [0.1, 0.15) is 5.82 Å². The minimum atomic E-state index is -0.236. The summed E-state index contributed by atoms with van der Waals surface area (Å²) in [5.74, 6) is -0.325. The average Bonchev–Trinajstić information content (AvgIpc) is 3.01. The van der Waals surface area contributed by atoms with E-state index < -0.39 is 0 Å². The van der Waals surface area contributed by atoms with Crippen molar-refractivity contribution in [3.05, 3.63) is 35.6 Å². The number of amides is 2. The zero-order valence-electron chi connectivity index (χ0n) is 14.9. The lowest BCUT2D eigenvalue weighted by atomic mass is 9.97. The Morgan fingerprint density at radius 3 is 2.84 bits per heavy atom. The van der Waals surface area contributed by atoms with Crippen molar-refractivity contribution in [2.75, 3.05) is 19.6 Å². The lowest BCUT2D eigenvalue weighted by molar-refractivity contribution is -0.139. The summed E-state index contributed by atoms with van der Waals surface area (Å²) < 4.78 is 13.7. The van der Waals surface area contributed by atoms with Crippen LogP contribution in [-0.2, 0) is 16.0 Å². The van der Waals surface area contributed by atoms with Gasteiger partial charge >= 0.3 is 0 Å². The van der Waals surface area contributed by atoms with Crippen molar-refractivity contribution in [3.8, 4) is 0 Å². The molecule has 3 rings (SSSR count). The van der Waals surface area contributed by atoms with Crippen LogP contribution in [0, 0.1) is 11.7 Å². The topological polar surface area (TPSA) is 40.6 Å². The minimum absolute atomic E-state index is 0.0137. The third-order valence-corrected chi connectivity index (χ3v) is 5.55. The Balaban J connectivity index is 1.58.